The molecule has 0 aliphatic heterocycles. The Morgan fingerprint density at radius 3 is 2.73 bits per heavy atom. The van der Waals surface area contributed by atoms with Gasteiger partial charge in [-0.05, 0) is 30.9 Å². The summed E-state index contributed by atoms with van der Waals surface area (Å²) in [5.74, 6) is 0.395. The predicted octanol–water partition coefficient (Wildman–Crippen LogP) is 2.70. The van der Waals surface area contributed by atoms with Gasteiger partial charge in [0.25, 0.3) is 0 Å². The van der Waals surface area contributed by atoms with Crippen molar-refractivity contribution in [2.45, 2.75) is 25.7 Å². The fourth-order valence-corrected chi connectivity index (χ4v) is 2.15. The summed E-state index contributed by atoms with van der Waals surface area (Å²) in [4.78, 5) is 4.11. The Kier molecular flexibility index (Phi) is 6.43. The number of rotatable bonds is 8. The van der Waals surface area contributed by atoms with Crippen LogP contribution in [0, 0.1) is 17.6 Å². The molecule has 0 unspecified atom stereocenters. The summed E-state index contributed by atoms with van der Waals surface area (Å²) in [5, 5.41) is 6.32. The Balaban J connectivity index is 1.59. The minimum Gasteiger partial charge on any atom is -0.489 e. The molecule has 1 aromatic carbocycles. The first-order valence-electron chi connectivity index (χ1n) is 7.71. The summed E-state index contributed by atoms with van der Waals surface area (Å²) >= 11 is 0. The average molecular weight is 311 g/mol. The minimum absolute atomic E-state index is 0.0515. The second kappa shape index (κ2) is 8.56. The zero-order valence-corrected chi connectivity index (χ0v) is 12.9. The van der Waals surface area contributed by atoms with Crippen LogP contribution in [0.5, 0.6) is 5.75 Å². The second-order valence-electron chi connectivity index (χ2n) is 5.43. The van der Waals surface area contributed by atoms with Crippen LogP contribution in [0.1, 0.15) is 25.7 Å². The van der Waals surface area contributed by atoms with Crippen LogP contribution in [0.3, 0.4) is 0 Å². The van der Waals surface area contributed by atoms with Crippen molar-refractivity contribution in [3.8, 4) is 5.75 Å². The van der Waals surface area contributed by atoms with Crippen molar-refractivity contribution in [2.24, 2.45) is 10.9 Å². The van der Waals surface area contributed by atoms with E-state index in [1.54, 1.807) is 7.05 Å². The third-order valence-corrected chi connectivity index (χ3v) is 3.55. The highest BCUT2D eigenvalue weighted by Crippen LogP contribution is 2.33. The molecule has 0 saturated heterocycles. The Labute approximate surface area is 130 Å². The lowest BCUT2D eigenvalue weighted by Crippen LogP contribution is -2.39. The monoisotopic (exact) mass is 311 g/mol. The van der Waals surface area contributed by atoms with Crippen LogP contribution >= 0.6 is 0 Å². The molecule has 0 heterocycles. The molecule has 0 radical (unpaired) electrons. The average Bonchev–Trinajstić information content (AvgIpc) is 3.31. The Morgan fingerprint density at radius 2 is 2.05 bits per heavy atom. The molecular weight excluding hydrogens is 288 g/mol. The van der Waals surface area contributed by atoms with E-state index in [0.717, 1.165) is 24.9 Å². The van der Waals surface area contributed by atoms with Crippen LogP contribution in [-0.2, 0) is 0 Å². The number of aliphatic imine (C=N–C) groups is 1. The first kappa shape index (κ1) is 16.5. The topological polar surface area (TPSA) is 45.7 Å². The zero-order chi connectivity index (χ0) is 15.8. The van der Waals surface area contributed by atoms with Gasteiger partial charge in [0.05, 0.1) is 6.54 Å². The second-order valence-corrected chi connectivity index (χ2v) is 5.43. The maximum Gasteiger partial charge on any atom is 0.191 e. The largest absolute Gasteiger partial charge is 0.489 e. The van der Waals surface area contributed by atoms with E-state index in [1.165, 1.54) is 31.4 Å². The summed E-state index contributed by atoms with van der Waals surface area (Å²) in [6.45, 7) is 1.65. The van der Waals surface area contributed by atoms with Crippen LogP contribution in [-0.4, -0.2) is 32.7 Å². The lowest BCUT2D eigenvalue weighted by atomic mass is 10.2. The normalized spacial score (nSPS) is 14.8. The quantitative estimate of drug-likeness (QED) is 0.441. The summed E-state index contributed by atoms with van der Waals surface area (Å²) < 4.78 is 31.4. The van der Waals surface area contributed by atoms with Crippen molar-refractivity contribution in [1.29, 1.82) is 0 Å². The van der Waals surface area contributed by atoms with E-state index in [9.17, 15) is 8.78 Å². The molecule has 0 amide bonds. The number of nitrogens with one attached hydrogen (secondary N) is 2. The molecule has 0 bridgehead atoms. The first-order chi connectivity index (χ1) is 10.7. The number of ether oxygens (including phenoxy) is 1. The fourth-order valence-electron chi connectivity index (χ4n) is 2.15. The van der Waals surface area contributed by atoms with Gasteiger partial charge in [-0.1, -0.05) is 12.8 Å². The van der Waals surface area contributed by atoms with Gasteiger partial charge in [-0.15, -0.1) is 0 Å². The van der Waals surface area contributed by atoms with Gasteiger partial charge in [-0.2, -0.15) is 0 Å². The Bertz CT molecular complexity index is 504. The number of benzene rings is 1. The first-order valence-corrected chi connectivity index (χ1v) is 7.71. The maximum atomic E-state index is 13.4. The molecule has 1 fully saturated rings. The van der Waals surface area contributed by atoms with Gasteiger partial charge < -0.3 is 15.4 Å². The van der Waals surface area contributed by atoms with E-state index in [4.69, 9.17) is 4.74 Å². The van der Waals surface area contributed by atoms with Crippen molar-refractivity contribution in [3.05, 3.63) is 29.8 Å². The third-order valence-electron chi connectivity index (χ3n) is 3.55. The molecule has 122 valence electrons. The number of guanidine groups is 1. The summed E-state index contributed by atoms with van der Waals surface area (Å²) in [7, 11) is 1.71. The summed E-state index contributed by atoms with van der Waals surface area (Å²) in [6.07, 6.45) is 5.17. The van der Waals surface area contributed by atoms with Gasteiger partial charge in [-0.3, -0.25) is 4.99 Å². The number of halogens is 2. The SMILES string of the molecule is CN=C(NCCCC1CC1)NCCOc1ccc(F)cc1F. The number of nitrogens with zero attached hydrogens (tertiary/aromatic N) is 1. The van der Waals surface area contributed by atoms with E-state index in [0.29, 0.717) is 12.5 Å². The standard InChI is InChI=1S/C16H23F2N3O/c1-19-16(20-8-2-3-12-4-5-12)21-9-10-22-15-7-6-13(17)11-14(15)18/h6-7,11-12H,2-5,8-10H2,1H3,(H2,19,20,21). The highest BCUT2D eigenvalue weighted by Gasteiger charge is 2.19. The van der Waals surface area contributed by atoms with Crippen molar-refractivity contribution < 1.29 is 13.5 Å². The summed E-state index contributed by atoms with van der Waals surface area (Å²) in [6, 6.07) is 3.27. The fraction of sp³-hybridized carbons (Fsp3) is 0.562. The molecule has 2 rings (SSSR count). The molecule has 0 atom stereocenters. The van der Waals surface area contributed by atoms with Crippen LogP contribution in [0.25, 0.3) is 0 Å². The zero-order valence-electron chi connectivity index (χ0n) is 12.9. The summed E-state index contributed by atoms with van der Waals surface area (Å²) in [5.41, 5.74) is 0. The van der Waals surface area contributed by atoms with Crippen LogP contribution < -0.4 is 15.4 Å². The van der Waals surface area contributed by atoms with E-state index in [1.807, 2.05) is 0 Å². The van der Waals surface area contributed by atoms with Crippen molar-refractivity contribution in [3.63, 3.8) is 0 Å². The molecule has 1 aliphatic carbocycles. The van der Waals surface area contributed by atoms with Gasteiger partial charge >= 0.3 is 0 Å². The van der Waals surface area contributed by atoms with Gasteiger partial charge in [0.2, 0.25) is 0 Å². The molecule has 1 aliphatic rings. The molecule has 2 N–H and O–H groups in total. The smallest absolute Gasteiger partial charge is 0.191 e. The van der Waals surface area contributed by atoms with Gasteiger partial charge in [0, 0.05) is 19.7 Å². The molecule has 0 spiro atoms. The van der Waals surface area contributed by atoms with E-state index in [-0.39, 0.29) is 12.4 Å². The molecule has 1 saturated carbocycles. The highest BCUT2D eigenvalue weighted by molar-refractivity contribution is 5.79. The van der Waals surface area contributed by atoms with E-state index >= 15 is 0 Å². The van der Waals surface area contributed by atoms with Crippen molar-refractivity contribution in [1.82, 2.24) is 10.6 Å². The Morgan fingerprint density at radius 1 is 1.27 bits per heavy atom. The van der Waals surface area contributed by atoms with Gasteiger partial charge in [-0.25, -0.2) is 8.78 Å². The molecule has 0 aromatic heterocycles. The molecule has 1 aromatic rings. The lowest BCUT2D eigenvalue weighted by Gasteiger charge is -2.12. The van der Waals surface area contributed by atoms with Crippen molar-refractivity contribution in [2.75, 3.05) is 26.7 Å². The molecule has 22 heavy (non-hydrogen) atoms. The van der Waals surface area contributed by atoms with E-state index in [2.05, 4.69) is 15.6 Å². The van der Waals surface area contributed by atoms with Gasteiger partial charge in [0.15, 0.2) is 17.5 Å². The molecule has 6 heteroatoms. The van der Waals surface area contributed by atoms with Crippen LogP contribution in [0.15, 0.2) is 23.2 Å². The third kappa shape index (κ3) is 5.87. The minimum atomic E-state index is -0.692. The Hall–Kier alpha value is -1.85. The molecular formula is C16H23F2N3O. The molecule has 4 nitrogen and oxygen atoms in total. The lowest BCUT2D eigenvalue weighted by molar-refractivity contribution is 0.304. The number of hydrogen-bond acceptors (Lipinski definition) is 2. The van der Waals surface area contributed by atoms with Crippen molar-refractivity contribution >= 4 is 5.96 Å². The maximum absolute atomic E-state index is 13.4. The predicted molar refractivity (Wildman–Crippen MR) is 83.2 cm³/mol. The van der Waals surface area contributed by atoms with Crippen LogP contribution in [0.4, 0.5) is 8.78 Å². The van der Waals surface area contributed by atoms with Gasteiger partial charge in [0.1, 0.15) is 12.4 Å². The van der Waals surface area contributed by atoms with Crippen LogP contribution in [0.2, 0.25) is 0 Å². The number of hydrogen-bond donors (Lipinski definition) is 2. The highest BCUT2D eigenvalue weighted by atomic mass is 19.1. The van der Waals surface area contributed by atoms with E-state index < -0.39 is 11.6 Å².